The molecule has 2 saturated carbocycles. The van der Waals surface area contributed by atoms with Crippen molar-refractivity contribution in [3.8, 4) is 17.6 Å². The van der Waals surface area contributed by atoms with Gasteiger partial charge in [-0.15, -0.1) is 0 Å². The number of unbranched alkanes of at least 4 members (excludes halogenated alkanes) is 6. The first-order valence-electron chi connectivity index (χ1n) is 26.1. The van der Waals surface area contributed by atoms with Crippen LogP contribution in [0.5, 0.6) is 11.5 Å². The number of nitrogens with zero attached hydrogens (tertiary/aromatic N) is 1. The van der Waals surface area contributed by atoms with E-state index in [0.29, 0.717) is 74.9 Å². The fourth-order valence-electron chi connectivity index (χ4n) is 10.4. The summed E-state index contributed by atoms with van der Waals surface area (Å²) in [5.74, 6) is 0.361. The SMILES string of the molecule is C=CC(=O)OCCCCCCOC1CCC(C2CC=C(C(=O)Oc3ccc(OC(=O)C4=CCC(C5CCC(OCCCCCCOC(=O)C=C)CC5)CC4)c4c3SC(=C(C#N)C(=O)OCC)S4)CC2)CC1. The summed E-state index contributed by atoms with van der Waals surface area (Å²) >= 11 is 2.27. The van der Waals surface area contributed by atoms with Crippen LogP contribution < -0.4 is 9.47 Å². The Morgan fingerprint density at radius 1 is 0.592 bits per heavy atom. The smallest absolute Gasteiger partial charge is 0.350 e. The zero-order valence-electron chi connectivity index (χ0n) is 41.6. The molecule has 1 heterocycles. The molecule has 5 aliphatic rings. The fourth-order valence-corrected chi connectivity index (χ4v) is 12.9. The summed E-state index contributed by atoms with van der Waals surface area (Å²) in [4.78, 5) is 63.6. The first-order chi connectivity index (χ1) is 34.6. The third-order valence-electron chi connectivity index (χ3n) is 14.4. The molecule has 0 spiro atoms. The van der Waals surface area contributed by atoms with Crippen LogP contribution >= 0.6 is 23.5 Å². The summed E-state index contributed by atoms with van der Waals surface area (Å²) in [6.07, 6.45) is 28.1. The number of rotatable bonds is 26. The zero-order valence-corrected chi connectivity index (χ0v) is 43.2. The fraction of sp³-hybridized carbons (Fsp3) is 0.607. The van der Waals surface area contributed by atoms with Gasteiger partial charge < -0.3 is 33.2 Å². The van der Waals surface area contributed by atoms with Crippen molar-refractivity contribution < 1.29 is 57.1 Å². The molecule has 2 atom stereocenters. The average molecular weight is 1020 g/mol. The van der Waals surface area contributed by atoms with Crippen molar-refractivity contribution in [2.75, 3.05) is 33.0 Å². The molecule has 0 aromatic heterocycles. The van der Waals surface area contributed by atoms with Crippen molar-refractivity contribution >= 4 is 53.4 Å². The lowest BCUT2D eigenvalue weighted by atomic mass is 9.73. The topological polar surface area (TPSA) is 174 Å². The summed E-state index contributed by atoms with van der Waals surface area (Å²) in [5.41, 5.74) is 1.10. The predicted octanol–water partition coefficient (Wildman–Crippen LogP) is 12.2. The highest BCUT2D eigenvalue weighted by Gasteiger charge is 2.35. The first kappa shape index (κ1) is 55.7. The van der Waals surface area contributed by atoms with Crippen LogP contribution in [0.4, 0.5) is 0 Å². The molecule has 2 fully saturated rings. The van der Waals surface area contributed by atoms with E-state index in [0.717, 1.165) is 165 Å². The zero-order chi connectivity index (χ0) is 50.4. The molecular formula is C56H73NO12S2. The lowest BCUT2D eigenvalue weighted by Gasteiger charge is -2.35. The van der Waals surface area contributed by atoms with Gasteiger partial charge in [-0.2, -0.15) is 5.26 Å². The Morgan fingerprint density at radius 2 is 1.01 bits per heavy atom. The number of hydrogen-bond donors (Lipinski definition) is 0. The normalized spacial score (nSPS) is 22.9. The second-order valence-electron chi connectivity index (χ2n) is 19.1. The maximum Gasteiger partial charge on any atom is 0.350 e. The van der Waals surface area contributed by atoms with Crippen LogP contribution in [-0.4, -0.2) is 75.1 Å². The molecule has 0 radical (unpaired) electrons. The van der Waals surface area contributed by atoms with Crippen molar-refractivity contribution in [1.82, 2.24) is 0 Å². The van der Waals surface area contributed by atoms with Crippen LogP contribution in [0.3, 0.4) is 0 Å². The molecule has 1 aliphatic heterocycles. The number of ether oxygens (including phenoxy) is 7. The minimum absolute atomic E-state index is 0.102. The van der Waals surface area contributed by atoms with Crippen molar-refractivity contribution in [2.45, 2.75) is 170 Å². The highest BCUT2D eigenvalue weighted by Crippen LogP contribution is 2.59. The molecule has 0 bridgehead atoms. The number of hydrogen-bond acceptors (Lipinski definition) is 15. The van der Waals surface area contributed by atoms with Gasteiger partial charge in [-0.05, 0) is 171 Å². The number of benzene rings is 1. The van der Waals surface area contributed by atoms with Crippen LogP contribution in [0.2, 0.25) is 0 Å². The van der Waals surface area contributed by atoms with E-state index in [9.17, 15) is 29.2 Å². The molecule has 0 saturated heterocycles. The van der Waals surface area contributed by atoms with Crippen molar-refractivity contribution in [3.05, 3.63) is 70.6 Å². The summed E-state index contributed by atoms with van der Waals surface area (Å²) in [6, 6.07) is 5.24. The van der Waals surface area contributed by atoms with E-state index in [2.05, 4.69) is 13.2 Å². The highest BCUT2D eigenvalue weighted by atomic mass is 32.2. The second-order valence-corrected chi connectivity index (χ2v) is 21.4. The van der Waals surface area contributed by atoms with Crippen LogP contribution in [-0.2, 0) is 47.7 Å². The van der Waals surface area contributed by atoms with Gasteiger partial charge in [0.2, 0.25) is 0 Å². The molecule has 1 aromatic rings. The van der Waals surface area contributed by atoms with Gasteiger partial charge in [0.05, 0.1) is 46.1 Å². The maximum atomic E-state index is 13.7. The van der Waals surface area contributed by atoms with Crippen molar-refractivity contribution in [3.63, 3.8) is 0 Å². The Hall–Kier alpha value is -4.62. The third-order valence-corrected chi connectivity index (χ3v) is 17.1. The number of fused-ring (bicyclic) bond motifs is 1. The Balaban J connectivity index is 0.967. The largest absolute Gasteiger partial charge is 0.463 e. The molecule has 6 rings (SSSR count). The lowest BCUT2D eigenvalue weighted by molar-refractivity contribution is -0.138. The van der Waals surface area contributed by atoms with E-state index in [-0.39, 0.29) is 47.8 Å². The standard InChI is InChI=1S/C56H73NO12S2/c1-4-49(58)66-35-13-9-7-11-33-64-44-27-23-40(24-28-44)38-15-19-42(20-16-38)53(60)68-47-31-32-48(52-51(47)70-56(71-52)46(37-57)55(62)63-6-3)69-54(61)43-21-17-39(18-22-43)41-25-29-45(30-26-41)65-34-12-8-10-14-36-67-50(59)5-2/h4-5,19,21,31-32,38-41,44-45H,1-2,6-18,20,22-30,33-36H2,3H3. The molecule has 4 aliphatic carbocycles. The van der Waals surface area contributed by atoms with Gasteiger partial charge in [-0.25, -0.2) is 24.0 Å². The van der Waals surface area contributed by atoms with E-state index in [1.165, 1.54) is 12.2 Å². The van der Waals surface area contributed by atoms with Gasteiger partial charge in [-0.1, -0.05) is 61.7 Å². The van der Waals surface area contributed by atoms with Gasteiger partial charge in [0, 0.05) is 36.5 Å². The van der Waals surface area contributed by atoms with Gasteiger partial charge in [0.1, 0.15) is 17.6 Å². The van der Waals surface area contributed by atoms with Crippen LogP contribution in [0.1, 0.15) is 148 Å². The predicted molar refractivity (Wildman–Crippen MR) is 272 cm³/mol. The summed E-state index contributed by atoms with van der Waals surface area (Å²) in [5, 5.41) is 10.0. The molecule has 0 amide bonds. The quantitative estimate of drug-likeness (QED) is 0.0214. The Bertz CT molecular complexity index is 2030. The molecule has 1 aromatic carbocycles. The molecule has 15 heteroatoms. The summed E-state index contributed by atoms with van der Waals surface area (Å²) in [7, 11) is 0. The van der Waals surface area contributed by atoms with E-state index in [4.69, 9.17) is 33.2 Å². The van der Waals surface area contributed by atoms with Crippen molar-refractivity contribution in [2.24, 2.45) is 23.7 Å². The lowest BCUT2D eigenvalue weighted by Crippen LogP contribution is -2.28. The van der Waals surface area contributed by atoms with E-state index >= 15 is 0 Å². The minimum Gasteiger partial charge on any atom is -0.463 e. The van der Waals surface area contributed by atoms with Gasteiger partial charge >= 0.3 is 29.8 Å². The van der Waals surface area contributed by atoms with Crippen LogP contribution in [0, 0.1) is 35.0 Å². The molecule has 0 N–H and O–H groups in total. The number of carbonyl (C=O) groups excluding carboxylic acids is 5. The van der Waals surface area contributed by atoms with E-state index < -0.39 is 17.9 Å². The molecule has 71 heavy (non-hydrogen) atoms. The third kappa shape index (κ3) is 17.3. The van der Waals surface area contributed by atoms with Crippen LogP contribution in [0.15, 0.2) is 80.3 Å². The molecule has 386 valence electrons. The van der Waals surface area contributed by atoms with Gasteiger partial charge in [0.25, 0.3) is 0 Å². The number of thioether (sulfide) groups is 2. The minimum atomic E-state index is -0.747. The maximum absolute atomic E-state index is 13.7. The summed E-state index contributed by atoms with van der Waals surface area (Å²) < 4.78 is 40.2. The number of esters is 5. The summed E-state index contributed by atoms with van der Waals surface area (Å²) in [6.45, 7) is 11.0. The number of carbonyl (C=O) groups is 5. The Kier molecular flexibility index (Phi) is 23.4. The molecular weight excluding hydrogens is 943 g/mol. The van der Waals surface area contributed by atoms with Gasteiger partial charge in [-0.3, -0.25) is 0 Å². The monoisotopic (exact) mass is 1020 g/mol. The van der Waals surface area contributed by atoms with Gasteiger partial charge in [0.15, 0.2) is 5.57 Å². The van der Waals surface area contributed by atoms with E-state index in [1.54, 1.807) is 19.1 Å². The Morgan fingerprint density at radius 3 is 1.38 bits per heavy atom. The number of allylic oxidation sites excluding steroid dienone is 2. The first-order valence-corrected chi connectivity index (χ1v) is 27.7. The molecule has 2 unspecified atom stereocenters. The number of nitriles is 1. The molecule has 13 nitrogen and oxygen atoms in total. The highest BCUT2D eigenvalue weighted by molar-refractivity contribution is 8.24. The Labute approximate surface area is 428 Å². The second kappa shape index (κ2) is 29.8. The average Bonchev–Trinajstić information content (AvgIpc) is 3.85. The van der Waals surface area contributed by atoms with E-state index in [1.807, 2.05) is 18.2 Å². The van der Waals surface area contributed by atoms with Crippen LogP contribution in [0.25, 0.3) is 0 Å². The van der Waals surface area contributed by atoms with Crippen molar-refractivity contribution in [1.29, 1.82) is 5.26 Å².